The normalized spacial score (nSPS) is 13.1. The first-order chi connectivity index (χ1) is 15.2. The molecular formula is C22H28N6O2S2. The van der Waals surface area contributed by atoms with Crippen LogP contribution in [0.5, 0.6) is 0 Å². The molecule has 32 heavy (non-hydrogen) atoms. The standard InChI is InChI=1S/C22H28N6O2S2/c1-12(2)17(24-20(30)16-10-8-7-9-11-16)18-26-27-22(28(18)6)32-15(5)19(29)25-21-23-13(3)14(4)31-21/h7-12,15,17H,1-6H3,(H,24,30)(H,23,25,29). The Labute approximate surface area is 196 Å². The number of thioether (sulfide) groups is 1. The van der Waals surface area contributed by atoms with Gasteiger partial charge in [-0.25, -0.2) is 4.98 Å². The Morgan fingerprint density at radius 2 is 1.78 bits per heavy atom. The Bertz CT molecular complexity index is 1070. The molecular weight excluding hydrogens is 444 g/mol. The topological polar surface area (TPSA) is 102 Å². The molecule has 170 valence electrons. The van der Waals surface area contributed by atoms with Gasteiger partial charge in [-0.1, -0.05) is 43.8 Å². The van der Waals surface area contributed by atoms with Gasteiger partial charge in [-0.2, -0.15) is 0 Å². The lowest BCUT2D eigenvalue weighted by molar-refractivity contribution is -0.115. The first kappa shape index (κ1) is 23.9. The summed E-state index contributed by atoms with van der Waals surface area (Å²) < 4.78 is 1.84. The second-order valence-electron chi connectivity index (χ2n) is 7.87. The fourth-order valence-corrected chi connectivity index (χ4v) is 4.63. The maximum Gasteiger partial charge on any atom is 0.251 e. The van der Waals surface area contributed by atoms with Gasteiger partial charge in [-0.05, 0) is 38.8 Å². The van der Waals surface area contributed by atoms with Gasteiger partial charge in [0.25, 0.3) is 5.91 Å². The molecule has 0 aliphatic rings. The fraction of sp³-hybridized carbons (Fsp3) is 0.409. The van der Waals surface area contributed by atoms with Crippen LogP contribution in [-0.4, -0.2) is 36.8 Å². The van der Waals surface area contributed by atoms with E-state index in [0.717, 1.165) is 10.6 Å². The SMILES string of the molecule is Cc1nc(NC(=O)C(C)Sc2nnc(C(NC(=O)c3ccccc3)C(C)C)n2C)sc1C. The highest BCUT2D eigenvalue weighted by molar-refractivity contribution is 8.00. The van der Waals surface area contributed by atoms with Gasteiger partial charge in [0.15, 0.2) is 16.1 Å². The molecule has 0 aliphatic carbocycles. The minimum atomic E-state index is -0.397. The van der Waals surface area contributed by atoms with Gasteiger partial charge in [0.2, 0.25) is 5.91 Å². The number of nitrogens with one attached hydrogen (secondary N) is 2. The number of carbonyl (C=O) groups is 2. The molecule has 8 nitrogen and oxygen atoms in total. The number of anilines is 1. The largest absolute Gasteiger partial charge is 0.342 e. The van der Waals surface area contributed by atoms with Crippen LogP contribution >= 0.6 is 23.1 Å². The van der Waals surface area contributed by atoms with Crippen LogP contribution < -0.4 is 10.6 Å². The number of hydrogen-bond donors (Lipinski definition) is 2. The van der Waals surface area contributed by atoms with Gasteiger partial charge in [-0.15, -0.1) is 21.5 Å². The molecule has 0 saturated heterocycles. The number of aryl methyl sites for hydroxylation is 2. The van der Waals surface area contributed by atoms with Crippen molar-refractivity contribution in [3.63, 3.8) is 0 Å². The molecule has 0 spiro atoms. The third-order valence-electron chi connectivity index (χ3n) is 5.05. The van der Waals surface area contributed by atoms with Crippen molar-refractivity contribution in [2.45, 2.75) is 51.1 Å². The summed E-state index contributed by atoms with van der Waals surface area (Å²) >= 11 is 2.77. The van der Waals surface area contributed by atoms with E-state index >= 15 is 0 Å². The Kier molecular flexibility index (Phi) is 7.68. The second kappa shape index (κ2) is 10.3. The molecule has 3 aromatic rings. The number of aromatic nitrogens is 4. The Morgan fingerprint density at radius 1 is 1.09 bits per heavy atom. The van der Waals surface area contributed by atoms with Gasteiger partial charge in [0.05, 0.1) is 17.0 Å². The summed E-state index contributed by atoms with van der Waals surface area (Å²) in [6.07, 6.45) is 0. The summed E-state index contributed by atoms with van der Waals surface area (Å²) in [6.45, 7) is 9.75. The molecule has 1 aromatic carbocycles. The molecule has 0 saturated carbocycles. The van der Waals surface area contributed by atoms with E-state index in [1.165, 1.54) is 23.1 Å². The van der Waals surface area contributed by atoms with E-state index in [2.05, 4.69) is 25.8 Å². The van der Waals surface area contributed by atoms with E-state index in [1.54, 1.807) is 12.1 Å². The number of rotatable bonds is 8. The van der Waals surface area contributed by atoms with Gasteiger partial charge in [-0.3, -0.25) is 9.59 Å². The smallest absolute Gasteiger partial charge is 0.251 e. The predicted molar refractivity (Wildman–Crippen MR) is 128 cm³/mol. The zero-order valence-corrected chi connectivity index (χ0v) is 20.7. The number of hydrogen-bond acceptors (Lipinski definition) is 7. The van der Waals surface area contributed by atoms with Crippen molar-refractivity contribution in [2.75, 3.05) is 5.32 Å². The minimum Gasteiger partial charge on any atom is -0.342 e. The molecule has 2 heterocycles. The number of amides is 2. The molecule has 0 radical (unpaired) electrons. The molecule has 0 fully saturated rings. The zero-order chi connectivity index (χ0) is 23.4. The van der Waals surface area contributed by atoms with Crippen LogP contribution in [0.1, 0.15) is 53.6 Å². The average Bonchev–Trinajstić information content (AvgIpc) is 3.27. The molecule has 10 heteroatoms. The summed E-state index contributed by atoms with van der Waals surface area (Å²) in [5.74, 6) is 0.431. The number of thiazole rings is 1. The fourth-order valence-electron chi connectivity index (χ4n) is 2.99. The van der Waals surface area contributed by atoms with Crippen molar-refractivity contribution >= 4 is 40.0 Å². The molecule has 2 atom stereocenters. The maximum absolute atomic E-state index is 12.7. The van der Waals surface area contributed by atoms with Gasteiger partial charge >= 0.3 is 0 Å². The van der Waals surface area contributed by atoms with Gasteiger partial charge in [0.1, 0.15) is 0 Å². The molecule has 2 unspecified atom stereocenters. The summed E-state index contributed by atoms with van der Waals surface area (Å²) in [4.78, 5) is 30.7. The van der Waals surface area contributed by atoms with Crippen LogP contribution in [0.2, 0.25) is 0 Å². The summed E-state index contributed by atoms with van der Waals surface area (Å²) in [5.41, 5.74) is 1.51. The second-order valence-corrected chi connectivity index (χ2v) is 10.4. The van der Waals surface area contributed by atoms with Crippen molar-refractivity contribution in [2.24, 2.45) is 13.0 Å². The first-order valence-corrected chi connectivity index (χ1v) is 12.0. The molecule has 3 rings (SSSR count). The highest BCUT2D eigenvalue weighted by Gasteiger charge is 2.27. The van der Waals surface area contributed by atoms with E-state index in [4.69, 9.17) is 0 Å². The third kappa shape index (κ3) is 5.55. The first-order valence-electron chi connectivity index (χ1n) is 10.3. The van der Waals surface area contributed by atoms with Crippen LogP contribution in [-0.2, 0) is 11.8 Å². The molecule has 0 bridgehead atoms. The van der Waals surface area contributed by atoms with E-state index in [1.807, 2.05) is 64.4 Å². The molecule has 0 aliphatic heterocycles. The molecule has 2 aromatic heterocycles. The Morgan fingerprint density at radius 3 is 2.38 bits per heavy atom. The highest BCUT2D eigenvalue weighted by atomic mass is 32.2. The zero-order valence-electron chi connectivity index (χ0n) is 19.0. The Balaban J connectivity index is 1.70. The van der Waals surface area contributed by atoms with E-state index in [9.17, 15) is 9.59 Å². The van der Waals surface area contributed by atoms with E-state index in [0.29, 0.717) is 21.7 Å². The van der Waals surface area contributed by atoms with E-state index < -0.39 is 5.25 Å². The van der Waals surface area contributed by atoms with Crippen LogP contribution in [0, 0.1) is 19.8 Å². The summed E-state index contributed by atoms with van der Waals surface area (Å²) in [5, 5.41) is 15.3. The van der Waals surface area contributed by atoms with E-state index in [-0.39, 0.29) is 23.8 Å². The summed E-state index contributed by atoms with van der Waals surface area (Å²) in [6, 6.07) is 8.76. The van der Waals surface area contributed by atoms with Crippen molar-refractivity contribution in [3.8, 4) is 0 Å². The van der Waals surface area contributed by atoms with Crippen molar-refractivity contribution < 1.29 is 9.59 Å². The van der Waals surface area contributed by atoms with Crippen molar-refractivity contribution in [3.05, 3.63) is 52.3 Å². The summed E-state index contributed by atoms with van der Waals surface area (Å²) in [7, 11) is 1.85. The molecule has 2 N–H and O–H groups in total. The Hall–Kier alpha value is -2.72. The number of carbonyl (C=O) groups excluding carboxylic acids is 2. The molecule has 2 amide bonds. The number of benzene rings is 1. The van der Waals surface area contributed by atoms with Crippen molar-refractivity contribution in [1.82, 2.24) is 25.1 Å². The monoisotopic (exact) mass is 472 g/mol. The van der Waals surface area contributed by atoms with Crippen LogP contribution in [0.3, 0.4) is 0 Å². The van der Waals surface area contributed by atoms with Gasteiger partial charge in [0, 0.05) is 17.5 Å². The lowest BCUT2D eigenvalue weighted by Gasteiger charge is -2.22. The highest BCUT2D eigenvalue weighted by Crippen LogP contribution is 2.28. The van der Waals surface area contributed by atoms with Crippen LogP contribution in [0.25, 0.3) is 0 Å². The maximum atomic E-state index is 12.7. The van der Waals surface area contributed by atoms with Crippen molar-refractivity contribution in [1.29, 1.82) is 0 Å². The predicted octanol–water partition coefficient (Wildman–Crippen LogP) is 4.13. The van der Waals surface area contributed by atoms with Crippen LogP contribution in [0.15, 0.2) is 35.5 Å². The quantitative estimate of drug-likeness (QED) is 0.478. The number of nitrogens with zero attached hydrogens (tertiary/aromatic N) is 4. The van der Waals surface area contributed by atoms with Gasteiger partial charge < -0.3 is 15.2 Å². The lowest BCUT2D eigenvalue weighted by atomic mass is 10.0. The third-order valence-corrected chi connectivity index (χ3v) is 7.17. The average molecular weight is 473 g/mol. The minimum absolute atomic E-state index is 0.0977. The van der Waals surface area contributed by atoms with Crippen LogP contribution in [0.4, 0.5) is 5.13 Å². The lowest BCUT2D eigenvalue weighted by Crippen LogP contribution is -2.33.